The van der Waals surface area contributed by atoms with Gasteiger partial charge in [0, 0.05) is 17.9 Å². The lowest BCUT2D eigenvalue weighted by Gasteiger charge is -2.32. The summed E-state index contributed by atoms with van der Waals surface area (Å²) in [6.45, 7) is 15.1. The minimum atomic E-state index is -0.351. The molecule has 1 aliphatic heterocycles. The van der Waals surface area contributed by atoms with Crippen LogP contribution in [0.1, 0.15) is 52.7 Å². The zero-order valence-electron chi connectivity index (χ0n) is 16.0. The smallest absolute Gasteiger partial charge is 0.399 e. The van der Waals surface area contributed by atoms with E-state index >= 15 is 0 Å². The van der Waals surface area contributed by atoms with Crippen LogP contribution in [0, 0.1) is 6.92 Å². The van der Waals surface area contributed by atoms with Gasteiger partial charge >= 0.3 is 7.12 Å². The lowest BCUT2D eigenvalue weighted by molar-refractivity contribution is 0.00578. The van der Waals surface area contributed by atoms with Gasteiger partial charge in [-0.05, 0) is 40.2 Å². The van der Waals surface area contributed by atoms with Gasteiger partial charge in [0.25, 0.3) is 0 Å². The minimum Gasteiger partial charge on any atom is -0.399 e. The largest absolute Gasteiger partial charge is 0.498 e. The van der Waals surface area contributed by atoms with E-state index in [9.17, 15) is 0 Å². The van der Waals surface area contributed by atoms with Crippen LogP contribution in [0.3, 0.4) is 0 Å². The monoisotopic (exact) mass is 328 g/mol. The van der Waals surface area contributed by atoms with Crippen LogP contribution in [0.25, 0.3) is 0 Å². The van der Waals surface area contributed by atoms with Gasteiger partial charge in [0.15, 0.2) is 0 Å². The summed E-state index contributed by atoms with van der Waals surface area (Å²) in [4.78, 5) is 0. The molecule has 0 unspecified atom stereocenters. The van der Waals surface area contributed by atoms with Gasteiger partial charge in [-0.1, -0.05) is 43.7 Å². The maximum absolute atomic E-state index is 6.06. The van der Waals surface area contributed by atoms with Crippen molar-refractivity contribution in [3.05, 3.63) is 47.8 Å². The molecule has 2 heterocycles. The van der Waals surface area contributed by atoms with Crippen molar-refractivity contribution in [2.45, 2.75) is 66.2 Å². The van der Waals surface area contributed by atoms with Gasteiger partial charge in [0.05, 0.1) is 17.7 Å². The first-order valence-corrected chi connectivity index (χ1v) is 8.70. The molecule has 1 aromatic heterocycles. The predicted octanol–water partition coefficient (Wildman–Crippen LogP) is 3.57. The summed E-state index contributed by atoms with van der Waals surface area (Å²) in [6.07, 6.45) is 3.84. The van der Waals surface area contributed by atoms with Crippen molar-refractivity contribution >= 4 is 12.6 Å². The Morgan fingerprint density at radius 1 is 1.08 bits per heavy atom. The molecule has 0 spiro atoms. The zero-order valence-corrected chi connectivity index (χ0v) is 16.0. The van der Waals surface area contributed by atoms with Gasteiger partial charge in [-0.15, -0.1) is 0 Å². The first kappa shape index (κ1) is 18.7. The molecular formula is C19H29BN2O2. The molecule has 130 valence electrons. The normalized spacial score (nSPS) is 18.2. The fourth-order valence-corrected chi connectivity index (χ4v) is 2.56. The number of aromatic nitrogens is 2. The Morgan fingerprint density at radius 3 is 2.29 bits per heavy atom. The molecule has 0 radical (unpaired) electrons. The third-order valence-corrected chi connectivity index (χ3v) is 4.61. The number of rotatable bonds is 3. The third kappa shape index (κ3) is 3.90. The fraction of sp³-hybridized carbons (Fsp3) is 0.526. The molecule has 1 aliphatic rings. The van der Waals surface area contributed by atoms with Crippen molar-refractivity contribution in [2.75, 3.05) is 0 Å². The Labute approximate surface area is 146 Å². The van der Waals surface area contributed by atoms with Crippen LogP contribution in [0.15, 0.2) is 36.7 Å². The second-order valence-electron chi connectivity index (χ2n) is 7.05. The van der Waals surface area contributed by atoms with Crippen LogP contribution < -0.4 is 5.46 Å². The van der Waals surface area contributed by atoms with E-state index < -0.39 is 0 Å². The Balaban J connectivity index is 0.00000100. The number of nitrogens with zero attached hydrogens (tertiary/aromatic N) is 2. The van der Waals surface area contributed by atoms with E-state index in [-0.39, 0.29) is 18.3 Å². The van der Waals surface area contributed by atoms with E-state index in [1.807, 2.05) is 30.9 Å². The van der Waals surface area contributed by atoms with Crippen LogP contribution in [-0.4, -0.2) is 28.1 Å². The molecule has 2 aromatic rings. The Bertz CT molecular complexity index is 664. The molecular weight excluding hydrogens is 299 g/mol. The van der Waals surface area contributed by atoms with Gasteiger partial charge in [0.2, 0.25) is 0 Å². The van der Waals surface area contributed by atoms with Gasteiger partial charge in [-0.3, -0.25) is 4.68 Å². The first-order chi connectivity index (χ1) is 11.3. The van der Waals surface area contributed by atoms with E-state index in [0.29, 0.717) is 0 Å². The van der Waals surface area contributed by atoms with Crippen molar-refractivity contribution in [3.8, 4) is 0 Å². The molecule has 5 heteroatoms. The molecule has 1 fully saturated rings. The van der Waals surface area contributed by atoms with Crippen molar-refractivity contribution < 1.29 is 9.31 Å². The molecule has 0 bridgehead atoms. The molecule has 24 heavy (non-hydrogen) atoms. The molecule has 4 nitrogen and oxygen atoms in total. The van der Waals surface area contributed by atoms with Crippen molar-refractivity contribution in [3.63, 3.8) is 0 Å². The highest BCUT2D eigenvalue weighted by atomic mass is 16.7. The van der Waals surface area contributed by atoms with Crippen LogP contribution in [0.4, 0.5) is 0 Å². The molecule has 1 aromatic carbocycles. The SMILES string of the molecule is CC.Cc1cccc(Cn2cc(B3OC(C)(C)C(C)(C)O3)cn2)c1. The van der Waals surface area contributed by atoms with Crippen molar-refractivity contribution in [2.24, 2.45) is 0 Å². The quantitative estimate of drug-likeness (QED) is 0.808. The van der Waals surface area contributed by atoms with E-state index in [2.05, 4.69) is 64.0 Å². The maximum atomic E-state index is 6.06. The molecule has 3 rings (SSSR count). The van der Waals surface area contributed by atoms with Crippen LogP contribution >= 0.6 is 0 Å². The Hall–Kier alpha value is -1.59. The van der Waals surface area contributed by atoms with E-state index in [1.165, 1.54) is 11.1 Å². The van der Waals surface area contributed by atoms with Gasteiger partial charge in [0.1, 0.15) is 0 Å². The summed E-state index contributed by atoms with van der Waals surface area (Å²) < 4.78 is 14.0. The van der Waals surface area contributed by atoms with Gasteiger partial charge in [-0.2, -0.15) is 5.10 Å². The van der Waals surface area contributed by atoms with Crippen molar-refractivity contribution in [1.82, 2.24) is 9.78 Å². The average Bonchev–Trinajstić information content (AvgIpc) is 3.04. The maximum Gasteiger partial charge on any atom is 0.498 e. The second kappa shape index (κ2) is 7.12. The topological polar surface area (TPSA) is 36.3 Å². The van der Waals surface area contributed by atoms with Gasteiger partial charge in [-0.25, -0.2) is 0 Å². The van der Waals surface area contributed by atoms with Gasteiger partial charge < -0.3 is 9.31 Å². The van der Waals surface area contributed by atoms with Crippen LogP contribution in [0.5, 0.6) is 0 Å². The standard InChI is InChI=1S/C17H23BN2O2.C2H6/c1-13-7-6-8-14(9-13)11-20-12-15(10-19-20)18-21-16(2,3)17(4,5)22-18;1-2/h6-10,12H,11H2,1-5H3;1-2H3. The van der Waals surface area contributed by atoms with Crippen LogP contribution in [-0.2, 0) is 15.9 Å². The summed E-state index contributed by atoms with van der Waals surface area (Å²) in [6, 6.07) is 8.46. The number of benzene rings is 1. The van der Waals surface area contributed by atoms with E-state index in [1.54, 1.807) is 0 Å². The lowest BCUT2D eigenvalue weighted by atomic mass is 9.82. The average molecular weight is 328 g/mol. The predicted molar refractivity (Wildman–Crippen MR) is 99.6 cm³/mol. The highest BCUT2D eigenvalue weighted by Gasteiger charge is 2.52. The molecule has 0 saturated carbocycles. The Kier molecular flexibility index (Phi) is 5.56. The molecule has 1 saturated heterocycles. The zero-order chi connectivity index (χ0) is 18.0. The Morgan fingerprint density at radius 2 is 1.71 bits per heavy atom. The fourth-order valence-electron chi connectivity index (χ4n) is 2.56. The summed E-state index contributed by atoms with van der Waals surface area (Å²) in [5.74, 6) is 0. The number of hydrogen-bond acceptors (Lipinski definition) is 3. The summed E-state index contributed by atoms with van der Waals surface area (Å²) in [7, 11) is -0.351. The third-order valence-electron chi connectivity index (χ3n) is 4.61. The molecule has 0 N–H and O–H groups in total. The summed E-state index contributed by atoms with van der Waals surface area (Å²) in [5.41, 5.74) is 2.82. The highest BCUT2D eigenvalue weighted by molar-refractivity contribution is 6.61. The summed E-state index contributed by atoms with van der Waals surface area (Å²) in [5, 5.41) is 4.44. The summed E-state index contributed by atoms with van der Waals surface area (Å²) >= 11 is 0. The molecule has 0 aliphatic carbocycles. The van der Waals surface area contributed by atoms with E-state index in [0.717, 1.165) is 12.0 Å². The lowest BCUT2D eigenvalue weighted by Crippen LogP contribution is -2.41. The second-order valence-corrected chi connectivity index (χ2v) is 7.05. The van der Waals surface area contributed by atoms with Crippen molar-refractivity contribution in [1.29, 1.82) is 0 Å². The van der Waals surface area contributed by atoms with Crippen LogP contribution in [0.2, 0.25) is 0 Å². The minimum absolute atomic E-state index is 0.323. The number of hydrogen-bond donors (Lipinski definition) is 0. The highest BCUT2D eigenvalue weighted by Crippen LogP contribution is 2.36. The number of aryl methyl sites for hydroxylation is 1. The van der Waals surface area contributed by atoms with E-state index in [4.69, 9.17) is 9.31 Å². The molecule has 0 amide bonds. The first-order valence-electron chi connectivity index (χ1n) is 8.70. The molecule has 0 atom stereocenters.